The Labute approximate surface area is 110 Å². The summed E-state index contributed by atoms with van der Waals surface area (Å²) in [7, 11) is 0. The van der Waals surface area contributed by atoms with Crippen molar-refractivity contribution in [3.63, 3.8) is 0 Å². The molecule has 4 nitrogen and oxygen atoms in total. The van der Waals surface area contributed by atoms with Gasteiger partial charge in [-0.15, -0.1) is 0 Å². The Bertz CT molecular complexity index is 391. The largest absolute Gasteiger partial charge is 0.394 e. The molecule has 0 atom stereocenters. The fourth-order valence-electron chi connectivity index (χ4n) is 3.08. The second-order valence-corrected chi connectivity index (χ2v) is 5.22. The summed E-state index contributed by atoms with van der Waals surface area (Å²) in [5, 5.41) is 4.54. The molecule has 0 saturated heterocycles. The van der Waals surface area contributed by atoms with Gasteiger partial charge in [-0.25, -0.2) is 4.68 Å². The molecule has 0 radical (unpaired) electrons. The molecule has 1 aliphatic carbocycles. The third-order valence-corrected chi connectivity index (χ3v) is 4.07. The number of anilines is 2. The highest BCUT2D eigenvalue weighted by molar-refractivity contribution is 5.66. The number of hydrogen-bond donors (Lipinski definition) is 1. The van der Waals surface area contributed by atoms with Gasteiger partial charge in [-0.3, -0.25) is 0 Å². The van der Waals surface area contributed by atoms with E-state index in [4.69, 9.17) is 5.73 Å². The molecular weight excluding hydrogens is 224 g/mol. The number of nitrogens with zero attached hydrogens (tertiary/aromatic N) is 3. The number of rotatable bonds is 4. The van der Waals surface area contributed by atoms with Gasteiger partial charge in [-0.2, -0.15) is 5.10 Å². The third kappa shape index (κ3) is 2.33. The molecule has 1 aromatic rings. The molecule has 1 aliphatic rings. The molecule has 2 rings (SSSR count). The highest BCUT2D eigenvalue weighted by atomic mass is 15.4. The van der Waals surface area contributed by atoms with Crippen LogP contribution < -0.4 is 10.6 Å². The Morgan fingerprint density at radius 1 is 1.28 bits per heavy atom. The zero-order valence-electron chi connectivity index (χ0n) is 11.9. The van der Waals surface area contributed by atoms with Gasteiger partial charge in [0.25, 0.3) is 0 Å². The van der Waals surface area contributed by atoms with Crippen LogP contribution in [0.3, 0.4) is 0 Å². The van der Waals surface area contributed by atoms with Crippen molar-refractivity contribution in [3.8, 4) is 0 Å². The van der Waals surface area contributed by atoms with Gasteiger partial charge >= 0.3 is 0 Å². The highest BCUT2D eigenvalue weighted by Crippen LogP contribution is 2.32. The Kier molecular flexibility index (Phi) is 4.15. The molecule has 102 valence electrons. The first-order valence-electron chi connectivity index (χ1n) is 7.28. The average molecular weight is 250 g/mol. The van der Waals surface area contributed by atoms with Gasteiger partial charge in [0.1, 0.15) is 0 Å². The van der Waals surface area contributed by atoms with Crippen LogP contribution in [0.2, 0.25) is 0 Å². The predicted molar refractivity (Wildman–Crippen MR) is 76.9 cm³/mol. The number of aromatic nitrogens is 2. The molecule has 1 heterocycles. The molecule has 0 bridgehead atoms. The monoisotopic (exact) mass is 250 g/mol. The molecule has 18 heavy (non-hydrogen) atoms. The van der Waals surface area contributed by atoms with Gasteiger partial charge in [-0.1, -0.05) is 19.3 Å². The molecule has 1 aromatic heterocycles. The molecule has 0 spiro atoms. The minimum Gasteiger partial charge on any atom is -0.394 e. The fourth-order valence-corrected chi connectivity index (χ4v) is 3.08. The average Bonchev–Trinajstić information content (AvgIpc) is 2.69. The smallest absolute Gasteiger partial charge is 0.150 e. The lowest BCUT2D eigenvalue weighted by Crippen LogP contribution is -2.38. The summed E-state index contributed by atoms with van der Waals surface area (Å²) in [4.78, 5) is 2.47. The van der Waals surface area contributed by atoms with Crippen LogP contribution >= 0.6 is 0 Å². The number of nitrogens with two attached hydrogens (primary N) is 1. The number of nitrogen functional groups attached to an aromatic ring is 1. The molecule has 0 aliphatic heterocycles. The summed E-state index contributed by atoms with van der Waals surface area (Å²) in [5.74, 6) is 1.14. The van der Waals surface area contributed by atoms with Crippen molar-refractivity contribution in [2.75, 3.05) is 17.2 Å². The predicted octanol–water partition coefficient (Wildman–Crippen LogP) is 2.95. The molecule has 0 aromatic carbocycles. The third-order valence-electron chi connectivity index (χ3n) is 4.07. The van der Waals surface area contributed by atoms with Gasteiger partial charge < -0.3 is 10.6 Å². The number of hydrogen-bond acceptors (Lipinski definition) is 3. The second kappa shape index (κ2) is 5.63. The molecule has 1 saturated carbocycles. The van der Waals surface area contributed by atoms with Gasteiger partial charge in [0, 0.05) is 19.1 Å². The quantitative estimate of drug-likeness (QED) is 0.893. The molecule has 2 N–H and O–H groups in total. The Balaban J connectivity index is 2.31. The van der Waals surface area contributed by atoms with E-state index >= 15 is 0 Å². The first-order chi connectivity index (χ1) is 8.69. The maximum Gasteiger partial charge on any atom is 0.150 e. The van der Waals surface area contributed by atoms with E-state index in [-0.39, 0.29) is 0 Å². The lowest BCUT2D eigenvalue weighted by molar-refractivity contribution is 0.411. The van der Waals surface area contributed by atoms with E-state index in [9.17, 15) is 0 Å². The summed E-state index contributed by atoms with van der Waals surface area (Å²) >= 11 is 0. The summed E-state index contributed by atoms with van der Waals surface area (Å²) in [6.07, 6.45) is 6.67. The fraction of sp³-hybridized carbons (Fsp3) is 0.786. The maximum atomic E-state index is 6.24. The van der Waals surface area contributed by atoms with Crippen LogP contribution in [0, 0.1) is 6.92 Å². The summed E-state index contributed by atoms with van der Waals surface area (Å²) < 4.78 is 2.06. The molecule has 0 unspecified atom stereocenters. The zero-order chi connectivity index (χ0) is 13.1. The summed E-state index contributed by atoms with van der Waals surface area (Å²) in [5.41, 5.74) is 8.06. The van der Waals surface area contributed by atoms with Crippen LogP contribution in [0.5, 0.6) is 0 Å². The van der Waals surface area contributed by atoms with Crippen LogP contribution in [0.15, 0.2) is 0 Å². The van der Waals surface area contributed by atoms with Gasteiger partial charge in [0.2, 0.25) is 0 Å². The van der Waals surface area contributed by atoms with Crippen LogP contribution in [-0.2, 0) is 6.54 Å². The lowest BCUT2D eigenvalue weighted by Gasteiger charge is -2.35. The summed E-state index contributed by atoms with van der Waals surface area (Å²) in [6, 6.07) is 0.646. The van der Waals surface area contributed by atoms with E-state index in [0.717, 1.165) is 30.3 Å². The van der Waals surface area contributed by atoms with E-state index in [2.05, 4.69) is 28.5 Å². The van der Waals surface area contributed by atoms with Gasteiger partial charge in [0.15, 0.2) is 5.82 Å². The lowest BCUT2D eigenvalue weighted by atomic mass is 9.94. The van der Waals surface area contributed by atoms with Crippen LogP contribution in [0.4, 0.5) is 11.5 Å². The molecule has 0 amide bonds. The minimum absolute atomic E-state index is 0.646. The van der Waals surface area contributed by atoms with Crippen molar-refractivity contribution in [2.24, 2.45) is 0 Å². The Hall–Kier alpha value is -1.19. The van der Waals surface area contributed by atoms with E-state index in [1.165, 1.54) is 32.1 Å². The normalized spacial score (nSPS) is 17.1. The highest BCUT2D eigenvalue weighted by Gasteiger charge is 2.25. The standard InChI is InChI=1S/C14H26N4/c1-4-17(12-9-7-6-8-10-12)14-13(15)11(3)16-18(14)5-2/h12H,4-10,15H2,1-3H3. The van der Waals surface area contributed by atoms with Gasteiger partial charge in [0.05, 0.1) is 11.4 Å². The van der Waals surface area contributed by atoms with Crippen molar-refractivity contribution in [3.05, 3.63) is 5.69 Å². The Morgan fingerprint density at radius 3 is 2.50 bits per heavy atom. The van der Waals surface area contributed by atoms with Crippen molar-refractivity contribution in [1.29, 1.82) is 0 Å². The zero-order valence-corrected chi connectivity index (χ0v) is 11.9. The van der Waals surface area contributed by atoms with Crippen molar-refractivity contribution in [2.45, 2.75) is 65.5 Å². The maximum absolute atomic E-state index is 6.24. The number of aryl methyl sites for hydroxylation is 2. The van der Waals surface area contributed by atoms with Crippen LogP contribution in [0.25, 0.3) is 0 Å². The second-order valence-electron chi connectivity index (χ2n) is 5.22. The van der Waals surface area contributed by atoms with E-state index in [1.807, 2.05) is 6.92 Å². The van der Waals surface area contributed by atoms with Crippen molar-refractivity contribution < 1.29 is 0 Å². The van der Waals surface area contributed by atoms with E-state index in [0.29, 0.717) is 6.04 Å². The molecule has 4 heteroatoms. The van der Waals surface area contributed by atoms with E-state index < -0.39 is 0 Å². The van der Waals surface area contributed by atoms with Gasteiger partial charge in [-0.05, 0) is 33.6 Å². The SMILES string of the molecule is CCN(c1c(N)c(C)nn1CC)C1CCCCC1. The first-order valence-corrected chi connectivity index (χ1v) is 7.28. The van der Waals surface area contributed by atoms with Crippen molar-refractivity contribution >= 4 is 11.5 Å². The Morgan fingerprint density at radius 2 is 1.94 bits per heavy atom. The molecular formula is C14H26N4. The van der Waals surface area contributed by atoms with E-state index in [1.54, 1.807) is 0 Å². The summed E-state index contributed by atoms with van der Waals surface area (Å²) in [6.45, 7) is 8.25. The van der Waals surface area contributed by atoms with Crippen LogP contribution in [-0.4, -0.2) is 22.4 Å². The first kappa shape index (κ1) is 13.2. The van der Waals surface area contributed by atoms with Crippen molar-refractivity contribution in [1.82, 2.24) is 9.78 Å². The minimum atomic E-state index is 0.646. The van der Waals surface area contributed by atoms with Crippen LogP contribution in [0.1, 0.15) is 51.6 Å². The topological polar surface area (TPSA) is 47.1 Å². The molecule has 1 fully saturated rings.